The molecule has 10 heteroatoms. The molecule has 0 unspecified atom stereocenters. The molecule has 280 valence electrons. The first-order chi connectivity index (χ1) is 22.7. The van der Waals surface area contributed by atoms with Gasteiger partial charge in [-0.1, -0.05) is 92.2 Å². The van der Waals surface area contributed by atoms with Crippen LogP contribution in [-0.2, 0) is 42.1 Å². The Kier molecular flexibility index (Phi) is 58.7. The number of hydrogen-bond donors (Lipinski definition) is 0. The first kappa shape index (κ1) is 54.8. The van der Waals surface area contributed by atoms with E-state index in [9.17, 15) is 0 Å². The van der Waals surface area contributed by atoms with Crippen LogP contribution < -0.4 is 10.2 Å². The van der Waals surface area contributed by atoms with E-state index in [4.69, 9.17) is 0 Å². The summed E-state index contributed by atoms with van der Waals surface area (Å²) in [5.74, 6) is 0. The molecule has 0 aliphatic carbocycles. The predicted molar refractivity (Wildman–Crippen MR) is 214 cm³/mol. The van der Waals surface area contributed by atoms with Crippen molar-refractivity contribution in [3.8, 4) is 0 Å². The average Bonchev–Trinajstić information content (AvgIpc) is 3.94. The molecular formula is C38H66N4P2Pt2S2. The SMILES string of the molecule is CCCCP(CCCC)CCCC.CCCCP(CCCC)CCCC.[Pt+2].[Pt+2].[c-]1cccs1.[c-]1cccs1.c1cn[n-]c1.c1cn[n-]c1. The quantitative estimate of drug-likeness (QED) is 0.0736. The summed E-state index contributed by atoms with van der Waals surface area (Å²) < 4.78 is 0. The van der Waals surface area contributed by atoms with Gasteiger partial charge < -0.3 is 43.1 Å². The Bertz CT molecular complexity index is 681. The Hall–Kier alpha value is 0.0566. The van der Waals surface area contributed by atoms with E-state index >= 15 is 0 Å². The molecule has 0 spiro atoms. The van der Waals surface area contributed by atoms with E-state index < -0.39 is 0 Å². The summed E-state index contributed by atoms with van der Waals surface area (Å²) in [5, 5.41) is 23.7. The van der Waals surface area contributed by atoms with Gasteiger partial charge in [0.25, 0.3) is 0 Å². The molecule has 0 aliphatic rings. The average molecular weight is 1100 g/mol. The van der Waals surface area contributed by atoms with Gasteiger partial charge in [0, 0.05) is 12.4 Å². The monoisotopic (exact) mass is 1090 g/mol. The summed E-state index contributed by atoms with van der Waals surface area (Å²) in [6.45, 7) is 13.9. The summed E-state index contributed by atoms with van der Waals surface area (Å²) in [4.78, 5) is 0. The smallest absolute Gasteiger partial charge is 0.582 e. The zero-order valence-corrected chi connectivity index (χ0v) is 38.8. The minimum atomic E-state index is 0. The Morgan fingerprint density at radius 1 is 0.479 bits per heavy atom. The number of nitrogens with zero attached hydrogens (tertiary/aromatic N) is 4. The number of unbranched alkanes of at least 4 members (excludes halogenated alkanes) is 6. The third-order valence-corrected chi connectivity index (χ3v) is 13.3. The molecule has 0 saturated carbocycles. The fourth-order valence-electron chi connectivity index (χ4n) is 3.74. The summed E-state index contributed by atoms with van der Waals surface area (Å²) in [5.41, 5.74) is 0. The van der Waals surface area contributed by atoms with Crippen molar-refractivity contribution >= 4 is 38.5 Å². The van der Waals surface area contributed by atoms with Gasteiger partial charge >= 0.3 is 42.1 Å². The van der Waals surface area contributed by atoms with Crippen LogP contribution in [0.25, 0.3) is 0 Å². The molecule has 0 N–H and O–H groups in total. The Balaban J connectivity index is -0.000000253. The number of aromatic nitrogens is 4. The van der Waals surface area contributed by atoms with Crippen molar-refractivity contribution in [1.29, 1.82) is 0 Å². The normalized spacial score (nSPS) is 9.33. The van der Waals surface area contributed by atoms with Crippen LogP contribution in [0, 0.1) is 10.8 Å². The standard InChI is InChI=1S/2C12H27P.2C4H3S.2C3H3N2.2Pt/c2*1-4-7-10-13(11-8-5-2)12-9-6-3;4*1-2-4-5-3-1;;/h2*4-12H2,1-3H3;4*1-3H;;/q;;4*-1;2*+2. The summed E-state index contributed by atoms with van der Waals surface area (Å²) in [7, 11) is 0.843. The maximum atomic E-state index is 3.47. The van der Waals surface area contributed by atoms with Gasteiger partial charge in [-0.15, -0.1) is 26.6 Å². The van der Waals surface area contributed by atoms with E-state index in [1.165, 1.54) is 77.0 Å². The van der Waals surface area contributed by atoms with Crippen molar-refractivity contribution in [2.24, 2.45) is 0 Å². The van der Waals surface area contributed by atoms with Crippen molar-refractivity contribution in [3.05, 3.63) is 82.7 Å². The van der Waals surface area contributed by atoms with E-state index in [2.05, 4.69) is 72.7 Å². The third-order valence-electron chi connectivity index (χ3n) is 6.47. The topological polar surface area (TPSA) is 54.0 Å². The molecule has 48 heavy (non-hydrogen) atoms. The van der Waals surface area contributed by atoms with Crippen LogP contribution in [-0.4, -0.2) is 47.2 Å². The van der Waals surface area contributed by atoms with Crippen LogP contribution in [0.2, 0.25) is 0 Å². The van der Waals surface area contributed by atoms with Gasteiger partial charge in [0.2, 0.25) is 0 Å². The van der Waals surface area contributed by atoms with E-state index in [0.717, 1.165) is 0 Å². The van der Waals surface area contributed by atoms with Crippen molar-refractivity contribution in [1.82, 2.24) is 20.4 Å². The first-order valence-corrected chi connectivity index (χ1v) is 23.3. The van der Waals surface area contributed by atoms with Crippen LogP contribution >= 0.6 is 38.5 Å². The molecular weight excluding hydrogens is 1030 g/mol. The molecule has 4 rings (SSSR count). The van der Waals surface area contributed by atoms with E-state index in [1.54, 1.807) is 96.6 Å². The van der Waals surface area contributed by atoms with Gasteiger partial charge in [0.05, 0.1) is 0 Å². The third kappa shape index (κ3) is 48.2. The second-order valence-corrected chi connectivity index (χ2v) is 17.6. The molecule has 4 heterocycles. The van der Waals surface area contributed by atoms with Crippen LogP contribution in [0.5, 0.6) is 0 Å². The summed E-state index contributed by atoms with van der Waals surface area (Å²) in [6, 6.07) is 11.3. The first-order valence-electron chi connectivity index (χ1n) is 17.7. The van der Waals surface area contributed by atoms with Crippen LogP contribution in [0.4, 0.5) is 0 Å². The van der Waals surface area contributed by atoms with Gasteiger partial charge in [0.15, 0.2) is 0 Å². The zero-order valence-electron chi connectivity index (χ0n) is 30.8. The zero-order chi connectivity index (χ0) is 34.0. The molecule has 4 aromatic heterocycles. The van der Waals surface area contributed by atoms with Gasteiger partial charge in [-0.2, -0.15) is 35.3 Å². The Morgan fingerprint density at radius 2 is 0.771 bits per heavy atom. The summed E-state index contributed by atoms with van der Waals surface area (Å²) >= 11 is 3.18. The van der Waals surface area contributed by atoms with E-state index in [1.807, 2.05) is 35.0 Å². The van der Waals surface area contributed by atoms with Crippen molar-refractivity contribution < 1.29 is 42.1 Å². The van der Waals surface area contributed by atoms with Crippen LogP contribution in [0.1, 0.15) is 119 Å². The second kappa shape index (κ2) is 51.4. The maximum absolute atomic E-state index is 3.47. The Labute approximate surface area is 336 Å². The molecule has 0 aromatic carbocycles. The minimum Gasteiger partial charge on any atom is -0.582 e. The number of thiophene rings is 2. The van der Waals surface area contributed by atoms with Crippen molar-refractivity contribution in [3.63, 3.8) is 0 Å². The molecule has 4 aromatic rings. The molecule has 0 aliphatic heterocycles. The predicted octanol–water partition coefficient (Wildman–Crippen LogP) is 12.9. The van der Waals surface area contributed by atoms with Crippen molar-refractivity contribution in [2.45, 2.75) is 119 Å². The number of rotatable bonds is 18. The molecule has 4 nitrogen and oxygen atoms in total. The van der Waals surface area contributed by atoms with Gasteiger partial charge in [-0.05, 0) is 75.5 Å². The van der Waals surface area contributed by atoms with Crippen LogP contribution in [0.15, 0.2) is 71.9 Å². The number of hydrogen-bond acceptors (Lipinski definition) is 4. The Morgan fingerprint density at radius 3 is 0.875 bits per heavy atom. The molecule has 0 fully saturated rings. The second-order valence-electron chi connectivity index (χ2n) is 10.7. The van der Waals surface area contributed by atoms with Gasteiger partial charge in [-0.3, -0.25) is 0 Å². The maximum Gasteiger partial charge on any atom is 2.00 e. The molecule has 0 atom stereocenters. The van der Waals surface area contributed by atoms with Crippen LogP contribution in [0.3, 0.4) is 0 Å². The minimum absolute atomic E-state index is 0. The van der Waals surface area contributed by atoms with E-state index in [0.29, 0.717) is 15.8 Å². The molecule has 0 saturated heterocycles. The fourth-order valence-corrected chi connectivity index (χ4v) is 10.4. The summed E-state index contributed by atoms with van der Waals surface area (Å²) in [6.07, 6.45) is 33.0. The van der Waals surface area contributed by atoms with Gasteiger partial charge in [0.1, 0.15) is 0 Å². The molecule has 0 amide bonds. The molecule has 0 radical (unpaired) electrons. The van der Waals surface area contributed by atoms with Gasteiger partial charge in [-0.25, -0.2) is 12.1 Å². The van der Waals surface area contributed by atoms with E-state index in [-0.39, 0.29) is 42.1 Å². The fraction of sp³-hybridized carbons (Fsp3) is 0.632. The van der Waals surface area contributed by atoms with Crippen molar-refractivity contribution in [2.75, 3.05) is 37.0 Å². The largest absolute Gasteiger partial charge is 2.00 e. The molecule has 0 bridgehead atoms.